The van der Waals surface area contributed by atoms with Gasteiger partial charge in [0, 0.05) is 19.0 Å². The Bertz CT molecular complexity index is 1180. The van der Waals surface area contributed by atoms with Crippen molar-refractivity contribution in [1.29, 1.82) is 0 Å². The minimum Gasteiger partial charge on any atom is -0.448 e. The first-order valence-electron chi connectivity index (χ1n) is 13.7. The van der Waals surface area contributed by atoms with Gasteiger partial charge >= 0.3 is 6.09 Å². The molecule has 4 rings (SSSR count). The summed E-state index contributed by atoms with van der Waals surface area (Å²) in [7, 11) is 1.52. The van der Waals surface area contributed by atoms with Gasteiger partial charge in [-0.15, -0.1) is 6.58 Å². The summed E-state index contributed by atoms with van der Waals surface area (Å²) in [6, 6.07) is 14.6. The average molecular weight is 534 g/mol. The fraction of sp³-hybridized carbons (Fsp3) is 0.452. The van der Waals surface area contributed by atoms with Crippen molar-refractivity contribution in [3.63, 3.8) is 0 Å². The molecular formula is C31H39N3O5. The summed E-state index contributed by atoms with van der Waals surface area (Å²) in [5.41, 5.74) is 5.19. The molecule has 0 heterocycles. The minimum atomic E-state index is -1.38. The lowest BCUT2D eigenvalue weighted by Crippen LogP contribution is -2.56. The molecule has 0 aromatic heterocycles. The van der Waals surface area contributed by atoms with Crippen LogP contribution in [-0.2, 0) is 14.3 Å². The summed E-state index contributed by atoms with van der Waals surface area (Å²) >= 11 is 0. The van der Waals surface area contributed by atoms with Gasteiger partial charge in [0.1, 0.15) is 12.6 Å². The van der Waals surface area contributed by atoms with Crippen molar-refractivity contribution in [2.75, 3.05) is 13.7 Å². The maximum atomic E-state index is 13.4. The van der Waals surface area contributed by atoms with Crippen LogP contribution in [0.25, 0.3) is 11.1 Å². The zero-order chi connectivity index (χ0) is 28.1. The van der Waals surface area contributed by atoms with Gasteiger partial charge in [-0.05, 0) is 54.9 Å². The van der Waals surface area contributed by atoms with Gasteiger partial charge in [0.2, 0.25) is 5.91 Å². The molecule has 3 atom stereocenters. The van der Waals surface area contributed by atoms with E-state index in [1.807, 2.05) is 43.3 Å². The molecule has 1 saturated carbocycles. The summed E-state index contributed by atoms with van der Waals surface area (Å²) in [6.45, 7) is 7.76. The number of benzene rings is 2. The Morgan fingerprint density at radius 1 is 1.05 bits per heavy atom. The molecule has 8 nitrogen and oxygen atoms in total. The Kier molecular flexibility index (Phi) is 9.07. The van der Waals surface area contributed by atoms with Gasteiger partial charge in [-0.2, -0.15) is 0 Å². The van der Waals surface area contributed by atoms with Crippen LogP contribution >= 0.6 is 0 Å². The summed E-state index contributed by atoms with van der Waals surface area (Å²) in [5, 5.41) is 16.3. The van der Waals surface area contributed by atoms with Gasteiger partial charge in [-0.3, -0.25) is 14.5 Å². The van der Waals surface area contributed by atoms with Crippen molar-refractivity contribution in [1.82, 2.24) is 15.5 Å². The molecule has 1 unspecified atom stereocenters. The lowest BCUT2D eigenvalue weighted by atomic mass is 9.98. The van der Waals surface area contributed by atoms with Gasteiger partial charge in [0.05, 0.1) is 6.04 Å². The third-order valence-corrected chi connectivity index (χ3v) is 7.44. The lowest BCUT2D eigenvalue weighted by Gasteiger charge is -2.30. The Morgan fingerprint density at radius 2 is 1.64 bits per heavy atom. The fourth-order valence-corrected chi connectivity index (χ4v) is 5.15. The van der Waals surface area contributed by atoms with Crippen molar-refractivity contribution in [3.8, 4) is 11.1 Å². The summed E-state index contributed by atoms with van der Waals surface area (Å²) < 4.78 is 5.77. The number of carbonyl (C=O) groups excluding carboxylic acids is 3. The highest BCUT2D eigenvalue weighted by Crippen LogP contribution is 2.44. The van der Waals surface area contributed by atoms with Crippen molar-refractivity contribution in [2.45, 2.75) is 76.1 Å². The standard InChI is InChI=1S/C31H39N3O5/c1-5-10-26(28(35)30(37)32-20-15-16-20)33-29(36)27(17-19(2)3)34(4)31(38)39-18-25-23-13-8-6-11-21(23)22-12-7-9-14-24(22)25/h6-9,11-14,20,25-28,35H,2,5,10,15-18H2,1,3-4H3,(H,32,37)(H,33,36)/t26-,27-,28?/m0/s1. The highest BCUT2D eigenvalue weighted by molar-refractivity contribution is 5.88. The van der Waals surface area contributed by atoms with Crippen LogP contribution < -0.4 is 10.6 Å². The van der Waals surface area contributed by atoms with E-state index in [0.717, 1.165) is 35.1 Å². The number of hydrogen-bond acceptors (Lipinski definition) is 5. The Labute approximate surface area is 230 Å². The second kappa shape index (κ2) is 12.5. The number of amides is 3. The van der Waals surface area contributed by atoms with E-state index in [4.69, 9.17) is 4.74 Å². The van der Waals surface area contributed by atoms with Crippen LogP contribution in [0.2, 0.25) is 0 Å². The summed E-state index contributed by atoms with van der Waals surface area (Å²) in [5.74, 6) is -1.06. The van der Waals surface area contributed by atoms with Crippen LogP contribution in [0, 0.1) is 0 Å². The molecule has 1 fully saturated rings. The van der Waals surface area contributed by atoms with Gasteiger partial charge in [0.15, 0.2) is 6.10 Å². The molecule has 0 spiro atoms. The van der Waals surface area contributed by atoms with E-state index in [1.54, 1.807) is 6.92 Å². The Hall–Kier alpha value is -3.65. The largest absolute Gasteiger partial charge is 0.448 e. The number of hydrogen-bond donors (Lipinski definition) is 3. The minimum absolute atomic E-state index is 0.0981. The first kappa shape index (κ1) is 28.4. The zero-order valence-corrected chi connectivity index (χ0v) is 23.0. The molecule has 2 aliphatic rings. The van der Waals surface area contributed by atoms with Crippen LogP contribution in [0.1, 0.15) is 63.0 Å². The van der Waals surface area contributed by atoms with Crippen LogP contribution in [0.3, 0.4) is 0 Å². The normalized spacial score (nSPS) is 16.3. The zero-order valence-electron chi connectivity index (χ0n) is 23.0. The van der Waals surface area contributed by atoms with E-state index < -0.39 is 36.1 Å². The molecule has 2 aliphatic carbocycles. The highest BCUT2D eigenvalue weighted by Gasteiger charge is 2.35. The van der Waals surface area contributed by atoms with Crippen molar-refractivity contribution >= 4 is 17.9 Å². The third kappa shape index (κ3) is 6.68. The van der Waals surface area contributed by atoms with Crippen LogP contribution in [-0.4, -0.2) is 65.8 Å². The quantitative estimate of drug-likeness (QED) is 0.356. The molecule has 0 bridgehead atoms. The number of aliphatic hydroxyl groups is 1. The maximum Gasteiger partial charge on any atom is 0.410 e. The topological polar surface area (TPSA) is 108 Å². The second-order valence-electron chi connectivity index (χ2n) is 10.7. The molecule has 2 aromatic rings. The van der Waals surface area contributed by atoms with Gasteiger partial charge in [0.25, 0.3) is 5.91 Å². The van der Waals surface area contributed by atoms with Crippen LogP contribution in [0.4, 0.5) is 4.79 Å². The Balaban J connectivity index is 1.43. The van der Waals surface area contributed by atoms with Gasteiger partial charge in [-0.1, -0.05) is 67.4 Å². The molecule has 0 aliphatic heterocycles. The fourth-order valence-electron chi connectivity index (χ4n) is 5.15. The number of ether oxygens (including phenoxy) is 1. The number of nitrogens with zero attached hydrogens (tertiary/aromatic N) is 1. The first-order chi connectivity index (χ1) is 18.7. The SMILES string of the molecule is C=C(C)C[C@@H](C(=O)N[C@@H](CCC)C(O)C(=O)NC1CC1)N(C)C(=O)OCC1c2ccccc2-c2ccccc21. The monoisotopic (exact) mass is 533 g/mol. The van der Waals surface area contributed by atoms with E-state index in [9.17, 15) is 19.5 Å². The molecular weight excluding hydrogens is 494 g/mol. The average Bonchev–Trinajstić information content (AvgIpc) is 3.69. The van der Waals surface area contributed by atoms with E-state index in [2.05, 4.69) is 29.3 Å². The van der Waals surface area contributed by atoms with Gasteiger partial charge < -0.3 is 20.5 Å². The van der Waals surface area contributed by atoms with Gasteiger partial charge in [-0.25, -0.2) is 4.79 Å². The molecule has 3 amide bonds. The molecule has 0 saturated heterocycles. The van der Waals surface area contributed by atoms with Crippen molar-refractivity contribution < 1.29 is 24.2 Å². The Morgan fingerprint density at radius 3 is 2.18 bits per heavy atom. The predicted octanol–water partition coefficient (Wildman–Crippen LogP) is 4.13. The summed E-state index contributed by atoms with van der Waals surface area (Å²) in [4.78, 5) is 40.4. The number of rotatable bonds is 12. The molecule has 8 heteroatoms. The van der Waals surface area contributed by atoms with E-state index in [1.165, 1.54) is 11.9 Å². The van der Waals surface area contributed by atoms with E-state index >= 15 is 0 Å². The smallest absolute Gasteiger partial charge is 0.410 e. The number of fused-ring (bicyclic) bond motifs is 3. The number of aliphatic hydroxyl groups excluding tert-OH is 1. The number of nitrogens with one attached hydrogen (secondary N) is 2. The second-order valence-corrected chi connectivity index (χ2v) is 10.7. The predicted molar refractivity (Wildman–Crippen MR) is 150 cm³/mol. The number of carbonyl (C=O) groups is 3. The molecule has 39 heavy (non-hydrogen) atoms. The van der Waals surface area contributed by atoms with Crippen molar-refractivity contribution in [2.24, 2.45) is 0 Å². The van der Waals surface area contributed by atoms with Crippen LogP contribution in [0.15, 0.2) is 60.7 Å². The molecule has 2 aromatic carbocycles. The van der Waals surface area contributed by atoms with Crippen LogP contribution in [0.5, 0.6) is 0 Å². The number of likely N-dealkylation sites (N-methyl/N-ethyl adjacent to an activating group) is 1. The van der Waals surface area contributed by atoms with E-state index in [-0.39, 0.29) is 25.0 Å². The lowest BCUT2D eigenvalue weighted by molar-refractivity contribution is -0.133. The first-order valence-corrected chi connectivity index (χ1v) is 13.7. The third-order valence-electron chi connectivity index (χ3n) is 7.44. The van der Waals surface area contributed by atoms with Crippen molar-refractivity contribution in [3.05, 3.63) is 71.8 Å². The molecule has 3 N–H and O–H groups in total. The summed E-state index contributed by atoms with van der Waals surface area (Å²) in [6.07, 6.45) is 1.09. The molecule has 0 radical (unpaired) electrons. The molecule has 208 valence electrons. The van der Waals surface area contributed by atoms with E-state index in [0.29, 0.717) is 18.4 Å². The highest BCUT2D eigenvalue weighted by atomic mass is 16.6. The maximum absolute atomic E-state index is 13.4.